The Morgan fingerprint density at radius 3 is 2.15 bits per heavy atom. The minimum absolute atomic E-state index is 0.0116. The Bertz CT molecular complexity index is 1230. The molecule has 3 aromatic heterocycles. The van der Waals surface area contributed by atoms with Crippen molar-refractivity contribution >= 4 is 17.7 Å². The number of amides is 1. The number of carbonyl (C=O) groups is 1. The topological polar surface area (TPSA) is 67.2 Å². The number of pyridine rings is 2. The lowest BCUT2D eigenvalue weighted by Crippen LogP contribution is -2.48. The van der Waals surface area contributed by atoms with E-state index in [4.69, 9.17) is 5.10 Å². The van der Waals surface area contributed by atoms with E-state index in [0.717, 1.165) is 41.3 Å². The lowest BCUT2D eigenvalue weighted by molar-refractivity contribution is -0.126. The average molecular weight is 437 g/mol. The Kier molecular flexibility index (Phi) is 5.93. The summed E-state index contributed by atoms with van der Waals surface area (Å²) in [6.45, 7) is 2.98. The molecule has 1 aliphatic rings. The Morgan fingerprint density at radius 1 is 0.788 bits per heavy atom. The highest BCUT2D eigenvalue weighted by molar-refractivity contribution is 5.93. The Hall–Kier alpha value is -4.26. The Labute approximate surface area is 192 Å². The lowest BCUT2D eigenvalue weighted by Gasteiger charge is -2.35. The summed E-state index contributed by atoms with van der Waals surface area (Å²) in [5.41, 5.74) is 4.76. The monoisotopic (exact) mass is 436 g/mol. The maximum Gasteiger partial charge on any atom is 0.246 e. The fourth-order valence-corrected chi connectivity index (χ4v) is 3.96. The summed E-state index contributed by atoms with van der Waals surface area (Å²) < 4.78 is 1.84. The summed E-state index contributed by atoms with van der Waals surface area (Å²) >= 11 is 0. The van der Waals surface area contributed by atoms with Gasteiger partial charge in [-0.3, -0.25) is 14.8 Å². The number of rotatable bonds is 5. The van der Waals surface area contributed by atoms with Crippen LogP contribution in [0, 0.1) is 0 Å². The molecule has 0 aliphatic carbocycles. The van der Waals surface area contributed by atoms with Crippen LogP contribution >= 0.6 is 0 Å². The second-order valence-electron chi connectivity index (χ2n) is 7.80. The number of nitrogens with zero attached hydrogens (tertiary/aromatic N) is 6. The van der Waals surface area contributed by atoms with Crippen molar-refractivity contribution in [1.29, 1.82) is 0 Å². The molecule has 4 heterocycles. The zero-order valence-electron chi connectivity index (χ0n) is 18.2. The van der Waals surface area contributed by atoms with Gasteiger partial charge in [-0.25, -0.2) is 4.68 Å². The molecule has 1 amide bonds. The normalized spacial score (nSPS) is 14.1. The molecule has 7 heteroatoms. The first-order chi connectivity index (χ1) is 16.3. The number of para-hydroxylation sites is 1. The number of carbonyl (C=O) groups excluding carboxylic acids is 1. The predicted molar refractivity (Wildman–Crippen MR) is 129 cm³/mol. The molecule has 0 bridgehead atoms. The number of hydrogen-bond acceptors (Lipinski definition) is 5. The second-order valence-corrected chi connectivity index (χ2v) is 7.80. The average Bonchev–Trinajstić information content (AvgIpc) is 3.33. The summed E-state index contributed by atoms with van der Waals surface area (Å²) in [4.78, 5) is 25.3. The van der Waals surface area contributed by atoms with Gasteiger partial charge in [0.15, 0.2) is 0 Å². The Balaban J connectivity index is 1.33. The fraction of sp³-hybridized carbons (Fsp3) is 0.154. The largest absolute Gasteiger partial charge is 0.368 e. The zero-order chi connectivity index (χ0) is 22.5. The summed E-state index contributed by atoms with van der Waals surface area (Å²) in [6.07, 6.45) is 12.6. The number of piperazine rings is 1. The molecule has 164 valence electrons. The third-order valence-corrected chi connectivity index (χ3v) is 5.74. The van der Waals surface area contributed by atoms with Crippen LogP contribution in [0.1, 0.15) is 5.56 Å². The van der Waals surface area contributed by atoms with Gasteiger partial charge in [-0.1, -0.05) is 18.2 Å². The molecular weight excluding hydrogens is 412 g/mol. The predicted octanol–water partition coefficient (Wildman–Crippen LogP) is 3.69. The van der Waals surface area contributed by atoms with E-state index in [1.807, 2.05) is 76.5 Å². The maximum atomic E-state index is 12.9. The van der Waals surface area contributed by atoms with Crippen molar-refractivity contribution < 1.29 is 4.79 Å². The molecule has 0 spiro atoms. The van der Waals surface area contributed by atoms with E-state index in [1.54, 1.807) is 30.9 Å². The van der Waals surface area contributed by atoms with Crippen molar-refractivity contribution in [3.8, 4) is 16.9 Å². The van der Waals surface area contributed by atoms with E-state index in [2.05, 4.69) is 14.9 Å². The molecule has 1 aliphatic heterocycles. The molecule has 33 heavy (non-hydrogen) atoms. The van der Waals surface area contributed by atoms with Crippen LogP contribution in [0.4, 0.5) is 5.69 Å². The first-order valence-corrected chi connectivity index (χ1v) is 11.0. The molecule has 0 N–H and O–H groups in total. The molecule has 1 aromatic carbocycles. The summed E-state index contributed by atoms with van der Waals surface area (Å²) in [5, 5.41) is 4.79. The van der Waals surface area contributed by atoms with Crippen LogP contribution in [-0.4, -0.2) is 56.7 Å². The minimum Gasteiger partial charge on any atom is -0.368 e. The van der Waals surface area contributed by atoms with Crippen LogP contribution < -0.4 is 4.90 Å². The van der Waals surface area contributed by atoms with Crippen molar-refractivity contribution in [3.05, 3.63) is 97.2 Å². The molecule has 0 unspecified atom stereocenters. The molecule has 1 saturated heterocycles. The van der Waals surface area contributed by atoms with Gasteiger partial charge in [0.2, 0.25) is 5.91 Å². The molecule has 0 saturated carbocycles. The summed E-state index contributed by atoms with van der Waals surface area (Å²) in [5.74, 6) is 0.0116. The lowest BCUT2D eigenvalue weighted by atomic mass is 10.1. The first kappa shape index (κ1) is 20.6. The fourth-order valence-electron chi connectivity index (χ4n) is 3.96. The maximum absolute atomic E-state index is 12.9. The quantitative estimate of drug-likeness (QED) is 0.447. The third kappa shape index (κ3) is 4.67. The highest BCUT2D eigenvalue weighted by atomic mass is 16.2. The molecule has 4 aromatic rings. The van der Waals surface area contributed by atoms with Crippen molar-refractivity contribution in [1.82, 2.24) is 24.6 Å². The van der Waals surface area contributed by atoms with Gasteiger partial charge in [-0.15, -0.1) is 0 Å². The van der Waals surface area contributed by atoms with Gasteiger partial charge in [0.25, 0.3) is 0 Å². The standard InChI is InChI=1S/C26H24N6O/c33-25(31-18-16-30(17-19-31)23-10-14-28-15-11-23)7-6-22-20-32(24-4-2-1-3-5-24)29-26(22)21-8-12-27-13-9-21/h1-15,20H,16-19H2/b7-6+. The van der Waals surface area contributed by atoms with Crippen LogP contribution in [0.3, 0.4) is 0 Å². The van der Waals surface area contributed by atoms with Crippen LogP contribution in [-0.2, 0) is 4.79 Å². The van der Waals surface area contributed by atoms with Gasteiger partial charge in [0.05, 0.1) is 5.69 Å². The highest BCUT2D eigenvalue weighted by Gasteiger charge is 2.20. The van der Waals surface area contributed by atoms with Crippen molar-refractivity contribution in [3.63, 3.8) is 0 Å². The number of hydrogen-bond donors (Lipinski definition) is 0. The van der Waals surface area contributed by atoms with E-state index < -0.39 is 0 Å². The Morgan fingerprint density at radius 2 is 1.45 bits per heavy atom. The van der Waals surface area contributed by atoms with Crippen LogP contribution in [0.2, 0.25) is 0 Å². The van der Waals surface area contributed by atoms with E-state index >= 15 is 0 Å². The van der Waals surface area contributed by atoms with Crippen molar-refractivity contribution in [2.24, 2.45) is 0 Å². The molecular formula is C26H24N6O. The third-order valence-electron chi connectivity index (χ3n) is 5.74. The van der Waals surface area contributed by atoms with Gasteiger partial charge in [0, 0.05) is 80.1 Å². The smallest absolute Gasteiger partial charge is 0.246 e. The second kappa shape index (κ2) is 9.48. The van der Waals surface area contributed by atoms with Crippen LogP contribution in [0.25, 0.3) is 23.0 Å². The molecule has 0 atom stereocenters. The summed E-state index contributed by atoms with van der Waals surface area (Å²) in [7, 11) is 0. The van der Waals surface area contributed by atoms with E-state index in [0.29, 0.717) is 13.1 Å². The molecule has 1 fully saturated rings. The van der Waals surface area contributed by atoms with E-state index in [-0.39, 0.29) is 5.91 Å². The van der Waals surface area contributed by atoms with Crippen LogP contribution in [0.5, 0.6) is 0 Å². The first-order valence-electron chi connectivity index (χ1n) is 11.0. The van der Waals surface area contributed by atoms with Gasteiger partial charge < -0.3 is 9.80 Å². The summed E-state index contributed by atoms with van der Waals surface area (Å²) in [6, 6.07) is 17.8. The molecule has 7 nitrogen and oxygen atoms in total. The van der Waals surface area contributed by atoms with Gasteiger partial charge in [-0.2, -0.15) is 5.10 Å². The highest BCUT2D eigenvalue weighted by Crippen LogP contribution is 2.24. The number of anilines is 1. The molecule has 0 radical (unpaired) electrons. The van der Waals surface area contributed by atoms with Crippen molar-refractivity contribution in [2.75, 3.05) is 31.1 Å². The number of aromatic nitrogens is 4. The van der Waals surface area contributed by atoms with E-state index in [1.165, 1.54) is 0 Å². The van der Waals surface area contributed by atoms with E-state index in [9.17, 15) is 4.79 Å². The molecule has 5 rings (SSSR count). The minimum atomic E-state index is 0.0116. The van der Waals surface area contributed by atoms with Crippen LogP contribution in [0.15, 0.2) is 91.7 Å². The van der Waals surface area contributed by atoms with Crippen molar-refractivity contribution in [2.45, 2.75) is 0 Å². The van der Waals surface area contributed by atoms with Gasteiger partial charge >= 0.3 is 0 Å². The van der Waals surface area contributed by atoms with Gasteiger partial charge in [-0.05, 0) is 42.5 Å². The zero-order valence-corrected chi connectivity index (χ0v) is 18.2. The van der Waals surface area contributed by atoms with Gasteiger partial charge in [0.1, 0.15) is 5.69 Å². The SMILES string of the molecule is O=C(/C=C/c1cn(-c2ccccc2)nc1-c1ccncc1)N1CCN(c2ccncc2)CC1. The number of benzene rings is 1.